The maximum atomic E-state index is 2.25. The topological polar surface area (TPSA) is 0 Å². The number of allylic oxidation sites excluding steroid dienone is 2. The Kier molecular flexibility index (Phi) is 6.82. The molecule has 0 spiro atoms. The molecular weight excluding hydrogens is 168 g/mol. The van der Waals surface area contributed by atoms with Crippen LogP contribution in [0.5, 0.6) is 0 Å². The lowest BCUT2D eigenvalue weighted by atomic mass is 10.1. The summed E-state index contributed by atoms with van der Waals surface area (Å²) in [4.78, 5) is 0. The molecule has 0 radical (unpaired) electrons. The molecule has 0 aliphatic heterocycles. The van der Waals surface area contributed by atoms with Crippen LogP contribution in [0.4, 0.5) is 0 Å². The van der Waals surface area contributed by atoms with Gasteiger partial charge in [-0.05, 0) is 31.4 Å². The first-order valence-corrected chi connectivity index (χ1v) is 5.48. The van der Waals surface area contributed by atoms with E-state index < -0.39 is 0 Å². The first kappa shape index (κ1) is 13.0. The molecule has 0 saturated heterocycles. The zero-order valence-electron chi connectivity index (χ0n) is 10.1. The minimum atomic E-state index is 1.11. The van der Waals surface area contributed by atoms with Gasteiger partial charge in [-0.3, -0.25) is 0 Å². The molecule has 0 bridgehead atoms. The SMILES string of the molecule is CC.CC/C=C(\C)c1ccc(C)cc1. The molecule has 0 aliphatic rings. The molecule has 0 amide bonds. The summed E-state index contributed by atoms with van der Waals surface area (Å²) in [6.07, 6.45) is 3.37. The number of aryl methyl sites for hydroxylation is 1. The van der Waals surface area contributed by atoms with Gasteiger partial charge >= 0.3 is 0 Å². The Labute approximate surface area is 88.7 Å². The van der Waals surface area contributed by atoms with Crippen molar-refractivity contribution in [3.8, 4) is 0 Å². The summed E-state index contributed by atoms with van der Waals surface area (Å²) in [7, 11) is 0. The molecule has 0 fully saturated rings. The highest BCUT2D eigenvalue weighted by Crippen LogP contribution is 2.14. The molecule has 0 unspecified atom stereocenters. The van der Waals surface area contributed by atoms with E-state index in [0.717, 1.165) is 6.42 Å². The maximum absolute atomic E-state index is 2.25. The van der Waals surface area contributed by atoms with Crippen LogP contribution >= 0.6 is 0 Å². The van der Waals surface area contributed by atoms with Crippen LogP contribution in [-0.4, -0.2) is 0 Å². The molecule has 0 N–H and O–H groups in total. The van der Waals surface area contributed by atoms with E-state index in [-0.39, 0.29) is 0 Å². The molecule has 14 heavy (non-hydrogen) atoms. The van der Waals surface area contributed by atoms with E-state index in [2.05, 4.69) is 51.1 Å². The van der Waals surface area contributed by atoms with Gasteiger partial charge in [0.15, 0.2) is 0 Å². The third-order valence-corrected chi connectivity index (χ3v) is 2.02. The van der Waals surface area contributed by atoms with Crippen molar-refractivity contribution in [1.82, 2.24) is 0 Å². The van der Waals surface area contributed by atoms with Gasteiger partial charge < -0.3 is 0 Å². The van der Waals surface area contributed by atoms with Crippen molar-refractivity contribution in [1.29, 1.82) is 0 Å². The minimum Gasteiger partial charge on any atom is -0.0813 e. The normalized spacial score (nSPS) is 10.5. The van der Waals surface area contributed by atoms with E-state index in [0.29, 0.717) is 0 Å². The van der Waals surface area contributed by atoms with E-state index in [9.17, 15) is 0 Å². The second-order valence-electron chi connectivity index (χ2n) is 3.16. The molecule has 0 nitrogen and oxygen atoms in total. The number of hydrogen-bond donors (Lipinski definition) is 0. The molecule has 0 aliphatic carbocycles. The van der Waals surface area contributed by atoms with Crippen LogP contribution in [0.25, 0.3) is 5.57 Å². The van der Waals surface area contributed by atoms with Crippen LogP contribution in [-0.2, 0) is 0 Å². The van der Waals surface area contributed by atoms with Gasteiger partial charge in [0.2, 0.25) is 0 Å². The molecule has 0 heteroatoms. The summed E-state index contributed by atoms with van der Waals surface area (Å²) in [6.45, 7) is 10.4. The molecule has 1 rings (SSSR count). The van der Waals surface area contributed by atoms with E-state index in [1.54, 1.807) is 0 Å². The summed E-state index contributed by atoms with van der Waals surface area (Å²) in [5.74, 6) is 0. The third-order valence-electron chi connectivity index (χ3n) is 2.02. The monoisotopic (exact) mass is 190 g/mol. The number of rotatable bonds is 2. The van der Waals surface area contributed by atoms with E-state index in [1.807, 2.05) is 13.8 Å². The molecule has 0 saturated carbocycles. The minimum absolute atomic E-state index is 1.11. The van der Waals surface area contributed by atoms with Gasteiger partial charge in [0.05, 0.1) is 0 Å². The molecule has 78 valence electrons. The largest absolute Gasteiger partial charge is 0.0813 e. The summed E-state index contributed by atoms with van der Waals surface area (Å²) in [5, 5.41) is 0. The average molecular weight is 190 g/mol. The van der Waals surface area contributed by atoms with Crippen LogP contribution in [0.1, 0.15) is 45.2 Å². The van der Waals surface area contributed by atoms with Crippen LogP contribution in [0.15, 0.2) is 30.3 Å². The van der Waals surface area contributed by atoms with E-state index in [4.69, 9.17) is 0 Å². The van der Waals surface area contributed by atoms with Crippen molar-refractivity contribution in [3.05, 3.63) is 41.5 Å². The van der Waals surface area contributed by atoms with Gasteiger partial charge in [0.25, 0.3) is 0 Å². The Hall–Kier alpha value is -1.04. The van der Waals surface area contributed by atoms with Crippen molar-refractivity contribution in [2.24, 2.45) is 0 Å². The van der Waals surface area contributed by atoms with Crippen molar-refractivity contribution in [2.75, 3.05) is 0 Å². The number of hydrogen-bond acceptors (Lipinski definition) is 0. The van der Waals surface area contributed by atoms with Gasteiger partial charge in [0, 0.05) is 0 Å². The first-order valence-electron chi connectivity index (χ1n) is 5.48. The van der Waals surface area contributed by atoms with E-state index >= 15 is 0 Å². The molecule has 1 aromatic carbocycles. The zero-order valence-corrected chi connectivity index (χ0v) is 10.1. The second-order valence-corrected chi connectivity index (χ2v) is 3.16. The second kappa shape index (κ2) is 7.37. The number of benzene rings is 1. The van der Waals surface area contributed by atoms with Gasteiger partial charge in [-0.1, -0.05) is 56.7 Å². The van der Waals surface area contributed by atoms with Crippen LogP contribution in [0.3, 0.4) is 0 Å². The van der Waals surface area contributed by atoms with Gasteiger partial charge in [-0.15, -0.1) is 0 Å². The Balaban J connectivity index is 0.000000791. The average Bonchev–Trinajstić information content (AvgIpc) is 2.22. The predicted octanol–water partition coefficient (Wildman–Crippen LogP) is 4.83. The fourth-order valence-electron chi connectivity index (χ4n) is 1.24. The Morgan fingerprint density at radius 3 is 2.07 bits per heavy atom. The summed E-state index contributed by atoms with van der Waals surface area (Å²) in [6, 6.07) is 8.66. The zero-order chi connectivity index (χ0) is 11.0. The van der Waals surface area contributed by atoms with Gasteiger partial charge in [-0.2, -0.15) is 0 Å². The van der Waals surface area contributed by atoms with Crippen LogP contribution in [0, 0.1) is 6.92 Å². The molecule has 0 atom stereocenters. The van der Waals surface area contributed by atoms with Crippen molar-refractivity contribution in [2.45, 2.75) is 41.0 Å². The third kappa shape index (κ3) is 4.27. The van der Waals surface area contributed by atoms with Crippen molar-refractivity contribution >= 4 is 5.57 Å². The Morgan fingerprint density at radius 1 is 1.14 bits per heavy atom. The summed E-state index contributed by atoms with van der Waals surface area (Å²) >= 11 is 0. The van der Waals surface area contributed by atoms with Crippen molar-refractivity contribution in [3.63, 3.8) is 0 Å². The Bertz CT molecular complexity index is 265. The summed E-state index contributed by atoms with van der Waals surface area (Å²) < 4.78 is 0. The van der Waals surface area contributed by atoms with Gasteiger partial charge in [-0.25, -0.2) is 0 Å². The van der Waals surface area contributed by atoms with E-state index in [1.165, 1.54) is 16.7 Å². The van der Waals surface area contributed by atoms with Gasteiger partial charge in [0.1, 0.15) is 0 Å². The lowest BCUT2D eigenvalue weighted by molar-refractivity contribution is 1.22. The highest BCUT2D eigenvalue weighted by Gasteiger charge is 1.92. The van der Waals surface area contributed by atoms with Crippen LogP contribution < -0.4 is 0 Å². The lowest BCUT2D eigenvalue weighted by Crippen LogP contribution is -1.79. The summed E-state index contributed by atoms with van der Waals surface area (Å²) in [5.41, 5.74) is 4.03. The fraction of sp³-hybridized carbons (Fsp3) is 0.429. The Morgan fingerprint density at radius 2 is 1.64 bits per heavy atom. The molecule has 0 aromatic heterocycles. The quantitative estimate of drug-likeness (QED) is 0.626. The standard InChI is InChI=1S/C12H16.C2H6/c1-4-5-11(3)12-8-6-10(2)7-9-12;1-2/h5-9H,4H2,1-3H3;1-2H3/b11-5+;. The van der Waals surface area contributed by atoms with Crippen molar-refractivity contribution < 1.29 is 0 Å². The fourth-order valence-corrected chi connectivity index (χ4v) is 1.24. The lowest BCUT2D eigenvalue weighted by Gasteiger charge is -2.00. The predicted molar refractivity (Wildman–Crippen MR) is 66.5 cm³/mol. The highest BCUT2D eigenvalue weighted by atomic mass is 14.0. The molecule has 0 heterocycles. The molecular formula is C14H22. The highest BCUT2D eigenvalue weighted by molar-refractivity contribution is 5.63. The maximum Gasteiger partial charge on any atom is -0.0230 e. The smallest absolute Gasteiger partial charge is 0.0230 e. The molecule has 1 aromatic rings. The van der Waals surface area contributed by atoms with Crippen LogP contribution in [0.2, 0.25) is 0 Å². The first-order chi connectivity index (χ1) is 6.74.